The number of benzene rings is 3. The molecular weight excluding hydrogens is 368 g/mol. The van der Waals surface area contributed by atoms with Gasteiger partial charge >= 0.3 is 0 Å². The van der Waals surface area contributed by atoms with Crippen LogP contribution in [0.25, 0.3) is 16.8 Å². The molecule has 1 fully saturated rings. The summed E-state index contributed by atoms with van der Waals surface area (Å²) in [6.07, 6.45) is 8.24. The molecule has 1 aliphatic carbocycles. The number of ether oxygens (including phenoxy) is 1. The third kappa shape index (κ3) is 2.85. The van der Waals surface area contributed by atoms with E-state index >= 15 is 0 Å². The molecule has 0 saturated heterocycles. The van der Waals surface area contributed by atoms with Crippen LogP contribution >= 0.6 is 0 Å². The molecule has 3 aromatic rings. The van der Waals surface area contributed by atoms with E-state index in [0.717, 1.165) is 18.6 Å². The summed E-state index contributed by atoms with van der Waals surface area (Å²) in [5.41, 5.74) is 9.61. The molecule has 150 valence electrons. The number of hydrazine groups is 1. The van der Waals surface area contributed by atoms with Gasteiger partial charge in [-0.15, -0.1) is 0 Å². The summed E-state index contributed by atoms with van der Waals surface area (Å²) in [6.45, 7) is 0. The van der Waals surface area contributed by atoms with Crippen LogP contribution in [0.3, 0.4) is 0 Å². The molecule has 3 aliphatic rings. The Morgan fingerprint density at radius 2 is 1.40 bits per heavy atom. The van der Waals surface area contributed by atoms with Crippen LogP contribution in [0.5, 0.6) is 5.75 Å². The fourth-order valence-electron chi connectivity index (χ4n) is 5.21. The van der Waals surface area contributed by atoms with Gasteiger partial charge in [-0.2, -0.15) is 5.01 Å². The summed E-state index contributed by atoms with van der Waals surface area (Å²) >= 11 is 0. The first-order valence-corrected chi connectivity index (χ1v) is 11.0. The summed E-state index contributed by atoms with van der Waals surface area (Å²) < 4.78 is 6.67. The van der Waals surface area contributed by atoms with E-state index in [1.54, 1.807) is 0 Å². The first-order valence-electron chi connectivity index (χ1n) is 11.0. The Morgan fingerprint density at radius 3 is 2.20 bits per heavy atom. The van der Waals surface area contributed by atoms with Crippen molar-refractivity contribution in [2.45, 2.75) is 43.9 Å². The molecule has 0 bridgehead atoms. The van der Waals surface area contributed by atoms with Crippen molar-refractivity contribution in [3.8, 4) is 16.9 Å². The molecule has 1 spiro atoms. The lowest BCUT2D eigenvalue weighted by atomic mass is 9.87. The van der Waals surface area contributed by atoms with Gasteiger partial charge in [-0.25, -0.2) is 0 Å². The van der Waals surface area contributed by atoms with Crippen LogP contribution in [0.4, 0.5) is 0 Å². The van der Waals surface area contributed by atoms with Crippen LogP contribution in [-0.2, 0) is 0 Å². The predicted octanol–water partition coefficient (Wildman–Crippen LogP) is 6.31. The van der Waals surface area contributed by atoms with E-state index in [4.69, 9.17) is 4.74 Å². The van der Waals surface area contributed by atoms with Crippen LogP contribution in [-0.4, -0.2) is 10.7 Å². The second-order valence-electron chi connectivity index (χ2n) is 8.60. The van der Waals surface area contributed by atoms with E-state index < -0.39 is 0 Å². The number of nitrogens with one attached hydrogen (secondary N) is 1. The Kier molecular flexibility index (Phi) is 4.17. The molecule has 2 aliphatic heterocycles. The second kappa shape index (κ2) is 7.03. The van der Waals surface area contributed by atoms with E-state index in [1.165, 1.54) is 47.2 Å². The van der Waals surface area contributed by atoms with Crippen LogP contribution in [0.15, 0.2) is 84.9 Å². The van der Waals surface area contributed by atoms with Crippen molar-refractivity contribution >= 4 is 5.70 Å². The zero-order valence-electron chi connectivity index (χ0n) is 17.1. The number of hydrogen-bond donors (Lipinski definition) is 1. The highest BCUT2D eigenvalue weighted by Crippen LogP contribution is 2.49. The van der Waals surface area contributed by atoms with E-state index in [1.807, 2.05) is 0 Å². The molecule has 2 heterocycles. The minimum Gasteiger partial charge on any atom is -0.471 e. The molecule has 1 N–H and O–H groups in total. The molecular formula is C27H26N2O. The Morgan fingerprint density at radius 1 is 0.733 bits per heavy atom. The number of rotatable bonds is 2. The maximum Gasteiger partial charge on any atom is 0.180 e. The van der Waals surface area contributed by atoms with Gasteiger partial charge in [-0.3, -0.25) is 0 Å². The van der Waals surface area contributed by atoms with Crippen molar-refractivity contribution in [3.05, 3.63) is 96.1 Å². The highest BCUT2D eigenvalue weighted by atomic mass is 16.5. The SMILES string of the molecule is C1=C(c2ccc(-c3ccccc3)cc2)NN2[C@H]1c1ccccc1OC21CCCCC1. The van der Waals surface area contributed by atoms with Crippen LogP contribution in [0.2, 0.25) is 0 Å². The molecule has 0 aromatic heterocycles. The van der Waals surface area contributed by atoms with Gasteiger partial charge in [0.25, 0.3) is 0 Å². The average molecular weight is 395 g/mol. The Labute approximate surface area is 178 Å². The number of para-hydroxylation sites is 1. The van der Waals surface area contributed by atoms with E-state index in [2.05, 4.69) is 95.4 Å². The van der Waals surface area contributed by atoms with Crippen LogP contribution in [0, 0.1) is 0 Å². The zero-order valence-corrected chi connectivity index (χ0v) is 17.1. The van der Waals surface area contributed by atoms with E-state index in [9.17, 15) is 0 Å². The van der Waals surface area contributed by atoms with Gasteiger partial charge in [-0.05, 0) is 41.7 Å². The van der Waals surface area contributed by atoms with E-state index in [0.29, 0.717) is 0 Å². The summed E-state index contributed by atoms with van der Waals surface area (Å²) in [5, 5.41) is 2.38. The third-order valence-electron chi connectivity index (χ3n) is 6.76. The summed E-state index contributed by atoms with van der Waals surface area (Å²) in [7, 11) is 0. The van der Waals surface area contributed by atoms with Crippen molar-refractivity contribution in [2.24, 2.45) is 0 Å². The molecule has 0 radical (unpaired) electrons. The van der Waals surface area contributed by atoms with Gasteiger partial charge in [0.05, 0.1) is 11.7 Å². The monoisotopic (exact) mass is 394 g/mol. The van der Waals surface area contributed by atoms with Crippen LogP contribution < -0.4 is 10.2 Å². The normalized spacial score (nSPS) is 21.9. The molecule has 1 atom stereocenters. The fourth-order valence-corrected chi connectivity index (χ4v) is 5.21. The fraction of sp³-hybridized carbons (Fsp3) is 0.259. The molecule has 0 unspecified atom stereocenters. The van der Waals surface area contributed by atoms with Crippen molar-refractivity contribution in [2.75, 3.05) is 0 Å². The number of hydrogen-bond acceptors (Lipinski definition) is 3. The summed E-state index contributed by atoms with van der Waals surface area (Å²) in [6, 6.07) is 28.1. The van der Waals surface area contributed by atoms with Gasteiger partial charge < -0.3 is 10.2 Å². The molecule has 3 heteroatoms. The lowest BCUT2D eigenvalue weighted by Crippen LogP contribution is -2.60. The van der Waals surface area contributed by atoms with Gasteiger partial charge in [0.15, 0.2) is 5.72 Å². The van der Waals surface area contributed by atoms with Crippen molar-refractivity contribution in [3.63, 3.8) is 0 Å². The van der Waals surface area contributed by atoms with Gasteiger partial charge in [0, 0.05) is 18.4 Å². The summed E-state index contributed by atoms with van der Waals surface area (Å²) in [5.74, 6) is 1.04. The standard InChI is InChI=1S/C27H26N2O/c1-3-9-20(10-4-1)21-13-15-22(16-14-21)24-19-25-23-11-5-6-12-26(23)30-27(29(25)28-24)17-7-2-8-18-27/h1,3-6,9-16,19,25,28H,2,7-8,17-18H2/t25-/m1/s1. The topological polar surface area (TPSA) is 24.5 Å². The van der Waals surface area contributed by atoms with Gasteiger partial charge in [0.1, 0.15) is 5.75 Å². The maximum absolute atomic E-state index is 6.67. The van der Waals surface area contributed by atoms with Crippen LogP contribution in [0.1, 0.15) is 49.3 Å². The second-order valence-corrected chi connectivity index (χ2v) is 8.60. The molecule has 3 nitrogen and oxygen atoms in total. The highest BCUT2D eigenvalue weighted by molar-refractivity contribution is 5.71. The first-order chi connectivity index (χ1) is 14.8. The van der Waals surface area contributed by atoms with Gasteiger partial charge in [-0.1, -0.05) is 79.2 Å². The largest absolute Gasteiger partial charge is 0.471 e. The molecule has 0 amide bonds. The highest BCUT2D eigenvalue weighted by Gasteiger charge is 2.50. The Bertz CT molecular complexity index is 1080. The minimum atomic E-state index is -0.250. The quantitative estimate of drug-likeness (QED) is 0.551. The average Bonchev–Trinajstić information content (AvgIpc) is 3.28. The van der Waals surface area contributed by atoms with Crippen molar-refractivity contribution in [1.82, 2.24) is 10.4 Å². The Hall–Kier alpha value is -3.04. The smallest absolute Gasteiger partial charge is 0.180 e. The Balaban J connectivity index is 1.36. The molecule has 6 rings (SSSR count). The van der Waals surface area contributed by atoms with E-state index in [-0.39, 0.29) is 11.8 Å². The third-order valence-corrected chi connectivity index (χ3v) is 6.76. The van der Waals surface area contributed by atoms with Gasteiger partial charge in [0.2, 0.25) is 0 Å². The first kappa shape index (κ1) is 17.8. The summed E-state index contributed by atoms with van der Waals surface area (Å²) in [4.78, 5) is 0. The molecule has 1 saturated carbocycles. The molecule has 3 aromatic carbocycles. The number of nitrogens with zero attached hydrogens (tertiary/aromatic N) is 1. The lowest BCUT2D eigenvalue weighted by molar-refractivity contribution is -0.150. The zero-order chi connectivity index (χ0) is 20.0. The molecule has 30 heavy (non-hydrogen) atoms. The number of fused-ring (bicyclic) bond motifs is 4. The lowest BCUT2D eigenvalue weighted by Gasteiger charge is -2.50. The van der Waals surface area contributed by atoms with Crippen molar-refractivity contribution in [1.29, 1.82) is 0 Å². The van der Waals surface area contributed by atoms with Crippen molar-refractivity contribution < 1.29 is 4.74 Å². The minimum absolute atomic E-state index is 0.205. The predicted molar refractivity (Wildman–Crippen MR) is 120 cm³/mol. The maximum atomic E-state index is 6.67.